The number of carbonyl (C=O) groups is 2. The third-order valence-corrected chi connectivity index (χ3v) is 3.01. The Balaban J connectivity index is 1.84. The van der Waals surface area contributed by atoms with Gasteiger partial charge in [0.1, 0.15) is 0 Å². The summed E-state index contributed by atoms with van der Waals surface area (Å²) in [7, 11) is 0. The van der Waals surface area contributed by atoms with Crippen LogP contribution in [0.25, 0.3) is 10.9 Å². The molecule has 0 aliphatic rings. The monoisotopic (exact) mass is 287 g/mol. The third kappa shape index (κ3) is 4.45. The average molecular weight is 287 g/mol. The van der Waals surface area contributed by atoms with Gasteiger partial charge in [-0.05, 0) is 18.1 Å². The summed E-state index contributed by atoms with van der Waals surface area (Å²) in [5.74, 6) is -0.862. The van der Waals surface area contributed by atoms with Gasteiger partial charge in [-0.15, -0.1) is 0 Å². The molecule has 2 aromatic rings. The number of amides is 2. The Kier molecular flexibility index (Phi) is 5.09. The zero-order valence-electron chi connectivity index (χ0n) is 11.5. The van der Waals surface area contributed by atoms with E-state index in [4.69, 9.17) is 5.11 Å². The van der Waals surface area contributed by atoms with Crippen molar-refractivity contribution in [2.45, 2.75) is 19.4 Å². The quantitative estimate of drug-likeness (QED) is 0.708. The van der Waals surface area contributed by atoms with E-state index in [1.165, 1.54) is 0 Å². The molecule has 2 rings (SSSR count). The van der Waals surface area contributed by atoms with Gasteiger partial charge in [0.2, 0.25) is 0 Å². The molecule has 0 spiro atoms. The molecule has 0 aliphatic carbocycles. The summed E-state index contributed by atoms with van der Waals surface area (Å²) < 4.78 is 0. The summed E-state index contributed by atoms with van der Waals surface area (Å²) in [5, 5.41) is 14.9. The van der Waals surface area contributed by atoms with Gasteiger partial charge in [-0.1, -0.05) is 24.3 Å². The number of pyridine rings is 1. The molecule has 6 nitrogen and oxygen atoms in total. The molecule has 3 N–H and O–H groups in total. The number of fused-ring (bicyclic) bond motifs is 1. The molecule has 0 bridgehead atoms. The predicted molar refractivity (Wildman–Crippen MR) is 78.9 cm³/mol. The Morgan fingerprint density at radius 3 is 2.76 bits per heavy atom. The molecule has 0 saturated heterocycles. The molecule has 1 aromatic carbocycles. The first-order valence-electron chi connectivity index (χ1n) is 6.73. The minimum absolute atomic E-state index is 0.0491. The highest BCUT2D eigenvalue weighted by molar-refractivity contribution is 5.82. The number of nitrogens with one attached hydrogen (secondary N) is 2. The van der Waals surface area contributed by atoms with Crippen molar-refractivity contribution >= 4 is 22.9 Å². The standard InChI is InChI=1S/C15H17N3O3/c19-13(20)7-3-9-17-15(21)18-10-12-5-1-4-11-6-2-8-16-14(11)12/h1-2,4-6,8H,3,7,9-10H2,(H,19,20)(H2,17,18,21). The summed E-state index contributed by atoms with van der Waals surface area (Å²) in [4.78, 5) is 26.3. The first-order valence-corrected chi connectivity index (χ1v) is 6.73. The van der Waals surface area contributed by atoms with E-state index in [1.807, 2.05) is 30.3 Å². The zero-order chi connectivity index (χ0) is 15.1. The molecule has 0 unspecified atom stereocenters. The second-order valence-corrected chi connectivity index (χ2v) is 4.60. The summed E-state index contributed by atoms with van der Waals surface area (Å²) in [6.07, 6.45) is 2.18. The van der Waals surface area contributed by atoms with Crippen molar-refractivity contribution < 1.29 is 14.7 Å². The van der Waals surface area contributed by atoms with Crippen LogP contribution in [0, 0.1) is 0 Å². The van der Waals surface area contributed by atoms with E-state index >= 15 is 0 Å². The number of aliphatic carboxylic acids is 1. The van der Waals surface area contributed by atoms with Gasteiger partial charge in [-0.3, -0.25) is 9.78 Å². The van der Waals surface area contributed by atoms with E-state index < -0.39 is 5.97 Å². The maximum Gasteiger partial charge on any atom is 0.315 e. The fraction of sp³-hybridized carbons (Fsp3) is 0.267. The Labute approximate surface area is 122 Å². The number of urea groups is 1. The van der Waals surface area contributed by atoms with Crippen molar-refractivity contribution in [3.63, 3.8) is 0 Å². The number of hydrogen-bond acceptors (Lipinski definition) is 3. The number of nitrogens with zero attached hydrogens (tertiary/aromatic N) is 1. The molecule has 0 saturated carbocycles. The van der Waals surface area contributed by atoms with E-state index in [0.717, 1.165) is 16.5 Å². The van der Waals surface area contributed by atoms with Gasteiger partial charge in [0.25, 0.3) is 0 Å². The molecule has 0 fully saturated rings. The Bertz CT molecular complexity index is 638. The smallest absolute Gasteiger partial charge is 0.315 e. The van der Waals surface area contributed by atoms with Gasteiger partial charge >= 0.3 is 12.0 Å². The number of benzene rings is 1. The Hall–Kier alpha value is -2.63. The van der Waals surface area contributed by atoms with Gasteiger partial charge in [-0.25, -0.2) is 4.79 Å². The molecule has 0 radical (unpaired) electrons. The van der Waals surface area contributed by atoms with Crippen LogP contribution in [-0.2, 0) is 11.3 Å². The van der Waals surface area contributed by atoms with Crippen LogP contribution in [0.2, 0.25) is 0 Å². The zero-order valence-corrected chi connectivity index (χ0v) is 11.5. The van der Waals surface area contributed by atoms with Crippen molar-refractivity contribution in [1.82, 2.24) is 15.6 Å². The average Bonchev–Trinajstić information content (AvgIpc) is 2.49. The van der Waals surface area contributed by atoms with E-state index in [9.17, 15) is 9.59 Å². The van der Waals surface area contributed by atoms with Crippen LogP contribution in [0.15, 0.2) is 36.5 Å². The number of hydrogen-bond donors (Lipinski definition) is 3. The summed E-state index contributed by atoms with van der Waals surface area (Å²) >= 11 is 0. The van der Waals surface area contributed by atoms with Crippen LogP contribution in [0.5, 0.6) is 0 Å². The molecule has 2 amide bonds. The Morgan fingerprint density at radius 1 is 1.14 bits per heavy atom. The highest BCUT2D eigenvalue weighted by Crippen LogP contribution is 2.15. The number of carboxylic acid groups (broad SMARTS) is 1. The molecular formula is C15H17N3O3. The highest BCUT2D eigenvalue weighted by Gasteiger charge is 2.04. The highest BCUT2D eigenvalue weighted by atomic mass is 16.4. The first kappa shape index (κ1) is 14.8. The van der Waals surface area contributed by atoms with Crippen molar-refractivity contribution in [1.29, 1.82) is 0 Å². The van der Waals surface area contributed by atoms with Crippen LogP contribution in [0.3, 0.4) is 0 Å². The maximum absolute atomic E-state index is 11.6. The fourth-order valence-electron chi connectivity index (χ4n) is 1.99. The molecule has 21 heavy (non-hydrogen) atoms. The SMILES string of the molecule is O=C(O)CCCNC(=O)NCc1cccc2cccnc12. The van der Waals surface area contributed by atoms with Crippen LogP contribution in [0.1, 0.15) is 18.4 Å². The van der Waals surface area contributed by atoms with E-state index in [-0.39, 0.29) is 12.5 Å². The summed E-state index contributed by atoms with van der Waals surface area (Å²) in [6.45, 7) is 0.713. The van der Waals surface area contributed by atoms with Gasteiger partial charge in [0.15, 0.2) is 0 Å². The van der Waals surface area contributed by atoms with Crippen molar-refractivity contribution in [3.05, 3.63) is 42.1 Å². The van der Waals surface area contributed by atoms with Crippen LogP contribution >= 0.6 is 0 Å². The lowest BCUT2D eigenvalue weighted by atomic mass is 10.1. The predicted octanol–water partition coefficient (Wildman–Crippen LogP) is 1.90. The fourth-order valence-corrected chi connectivity index (χ4v) is 1.99. The minimum Gasteiger partial charge on any atom is -0.481 e. The molecule has 1 aromatic heterocycles. The third-order valence-electron chi connectivity index (χ3n) is 3.01. The second-order valence-electron chi connectivity index (χ2n) is 4.60. The Morgan fingerprint density at radius 2 is 1.95 bits per heavy atom. The van der Waals surface area contributed by atoms with Crippen LogP contribution in [0.4, 0.5) is 4.79 Å². The lowest BCUT2D eigenvalue weighted by Gasteiger charge is -2.09. The van der Waals surface area contributed by atoms with Crippen molar-refractivity contribution in [2.75, 3.05) is 6.54 Å². The number of carbonyl (C=O) groups excluding carboxylic acids is 1. The van der Waals surface area contributed by atoms with Gasteiger partial charge in [0, 0.05) is 31.1 Å². The topological polar surface area (TPSA) is 91.3 Å². The van der Waals surface area contributed by atoms with Gasteiger partial charge < -0.3 is 15.7 Å². The van der Waals surface area contributed by atoms with E-state index in [1.54, 1.807) is 6.20 Å². The lowest BCUT2D eigenvalue weighted by Crippen LogP contribution is -2.35. The second kappa shape index (κ2) is 7.23. The first-order chi connectivity index (χ1) is 10.2. The van der Waals surface area contributed by atoms with Gasteiger partial charge in [0.05, 0.1) is 5.52 Å². The molecule has 0 aliphatic heterocycles. The molecule has 110 valence electrons. The van der Waals surface area contributed by atoms with E-state index in [2.05, 4.69) is 15.6 Å². The van der Waals surface area contributed by atoms with Crippen molar-refractivity contribution in [2.24, 2.45) is 0 Å². The summed E-state index contributed by atoms with van der Waals surface area (Å²) in [5.41, 5.74) is 1.81. The number of carboxylic acids is 1. The number of rotatable bonds is 6. The lowest BCUT2D eigenvalue weighted by molar-refractivity contribution is -0.137. The van der Waals surface area contributed by atoms with Crippen molar-refractivity contribution in [3.8, 4) is 0 Å². The minimum atomic E-state index is -0.862. The number of para-hydroxylation sites is 1. The van der Waals surface area contributed by atoms with Gasteiger partial charge in [-0.2, -0.15) is 0 Å². The largest absolute Gasteiger partial charge is 0.481 e. The summed E-state index contributed by atoms with van der Waals surface area (Å²) in [6, 6.07) is 9.34. The molecule has 0 atom stereocenters. The normalized spacial score (nSPS) is 10.3. The van der Waals surface area contributed by atoms with Crippen LogP contribution in [-0.4, -0.2) is 28.6 Å². The molecule has 1 heterocycles. The maximum atomic E-state index is 11.6. The van der Waals surface area contributed by atoms with Crippen LogP contribution < -0.4 is 10.6 Å². The number of aromatic nitrogens is 1. The van der Waals surface area contributed by atoms with E-state index in [0.29, 0.717) is 19.5 Å². The molecule has 6 heteroatoms. The molecular weight excluding hydrogens is 270 g/mol.